The third-order valence-corrected chi connectivity index (χ3v) is 4.47. The Hall–Kier alpha value is -1.80. The lowest BCUT2D eigenvalue weighted by atomic mass is 10.0. The van der Waals surface area contributed by atoms with Crippen molar-refractivity contribution < 1.29 is 4.79 Å². The molecule has 22 heavy (non-hydrogen) atoms. The first-order valence-corrected chi connectivity index (χ1v) is 8.38. The van der Waals surface area contributed by atoms with E-state index >= 15 is 0 Å². The number of rotatable bonds is 5. The van der Waals surface area contributed by atoms with E-state index in [0.717, 1.165) is 31.5 Å². The molecule has 3 rings (SSSR count). The molecular formula is C14H20N6OS. The van der Waals surface area contributed by atoms with Crippen LogP contribution in [0.4, 0.5) is 5.13 Å². The van der Waals surface area contributed by atoms with Crippen molar-refractivity contribution in [2.45, 2.75) is 38.8 Å². The smallest absolute Gasteiger partial charge is 0.240 e. The summed E-state index contributed by atoms with van der Waals surface area (Å²) in [5.41, 5.74) is 2.77. The third-order valence-electron chi connectivity index (χ3n) is 3.86. The molecule has 1 N–H and O–H groups in total. The Morgan fingerprint density at radius 2 is 2.41 bits per heavy atom. The molecule has 1 saturated heterocycles. The molecule has 2 aromatic heterocycles. The molecule has 1 atom stereocenters. The fourth-order valence-corrected chi connectivity index (χ4v) is 3.29. The van der Waals surface area contributed by atoms with Crippen LogP contribution >= 0.6 is 11.3 Å². The number of aromatic nitrogens is 4. The topological polar surface area (TPSA) is 75.9 Å². The van der Waals surface area contributed by atoms with Crippen LogP contribution in [-0.2, 0) is 11.3 Å². The number of hydrogen-bond acceptors (Lipinski definition) is 6. The summed E-state index contributed by atoms with van der Waals surface area (Å²) in [5.74, 6) is -0.0275. The second-order valence-corrected chi connectivity index (χ2v) is 6.49. The molecule has 118 valence electrons. The van der Waals surface area contributed by atoms with E-state index in [9.17, 15) is 4.79 Å². The van der Waals surface area contributed by atoms with Gasteiger partial charge in [-0.2, -0.15) is 5.10 Å². The van der Waals surface area contributed by atoms with Crippen LogP contribution in [0.5, 0.6) is 0 Å². The largest absolute Gasteiger partial charge is 0.299 e. The van der Waals surface area contributed by atoms with Gasteiger partial charge in [-0.1, -0.05) is 17.8 Å². The van der Waals surface area contributed by atoms with E-state index in [0.29, 0.717) is 17.7 Å². The lowest BCUT2D eigenvalue weighted by Gasteiger charge is -2.35. The molecule has 0 bridgehead atoms. The Kier molecular flexibility index (Phi) is 4.79. The van der Waals surface area contributed by atoms with E-state index in [1.807, 2.05) is 24.0 Å². The van der Waals surface area contributed by atoms with Gasteiger partial charge in [-0.3, -0.25) is 19.7 Å². The Labute approximate surface area is 133 Å². The number of piperidine rings is 1. The van der Waals surface area contributed by atoms with Crippen LogP contribution in [0.1, 0.15) is 24.8 Å². The van der Waals surface area contributed by atoms with Gasteiger partial charge in [-0.05, 0) is 31.9 Å². The molecule has 1 amide bonds. The second kappa shape index (κ2) is 6.97. The number of nitrogens with one attached hydrogen (secondary N) is 1. The molecule has 8 heteroatoms. The van der Waals surface area contributed by atoms with Crippen molar-refractivity contribution in [1.29, 1.82) is 0 Å². The van der Waals surface area contributed by atoms with Gasteiger partial charge in [0.1, 0.15) is 5.51 Å². The average molecular weight is 320 g/mol. The second-order valence-electron chi connectivity index (χ2n) is 5.65. The summed E-state index contributed by atoms with van der Waals surface area (Å²) in [6.07, 6.45) is 7.37. The summed E-state index contributed by atoms with van der Waals surface area (Å²) in [6.45, 7) is 4.22. The molecule has 1 aliphatic rings. The summed E-state index contributed by atoms with van der Waals surface area (Å²) in [5, 5.41) is 15.3. The zero-order valence-corrected chi connectivity index (χ0v) is 13.4. The first-order valence-electron chi connectivity index (χ1n) is 7.50. The van der Waals surface area contributed by atoms with Gasteiger partial charge in [0.05, 0.1) is 19.3 Å². The lowest BCUT2D eigenvalue weighted by Crippen LogP contribution is -2.46. The van der Waals surface area contributed by atoms with Crippen molar-refractivity contribution >= 4 is 22.4 Å². The molecule has 2 aromatic rings. The van der Waals surface area contributed by atoms with Gasteiger partial charge in [0.15, 0.2) is 0 Å². The van der Waals surface area contributed by atoms with Crippen LogP contribution in [-0.4, -0.2) is 49.9 Å². The number of carbonyl (C=O) groups is 1. The Balaban J connectivity index is 1.58. The van der Waals surface area contributed by atoms with Gasteiger partial charge in [0.25, 0.3) is 0 Å². The zero-order valence-electron chi connectivity index (χ0n) is 12.6. The van der Waals surface area contributed by atoms with Crippen LogP contribution in [0.2, 0.25) is 0 Å². The first kappa shape index (κ1) is 15.1. The van der Waals surface area contributed by atoms with Gasteiger partial charge < -0.3 is 0 Å². The van der Waals surface area contributed by atoms with Gasteiger partial charge >= 0.3 is 0 Å². The normalized spacial score (nSPS) is 19.2. The highest BCUT2D eigenvalue weighted by Crippen LogP contribution is 2.19. The highest BCUT2D eigenvalue weighted by molar-refractivity contribution is 7.13. The van der Waals surface area contributed by atoms with Gasteiger partial charge in [-0.25, -0.2) is 0 Å². The van der Waals surface area contributed by atoms with Crippen LogP contribution in [0.3, 0.4) is 0 Å². The highest BCUT2D eigenvalue weighted by atomic mass is 32.1. The van der Waals surface area contributed by atoms with E-state index in [1.165, 1.54) is 17.8 Å². The van der Waals surface area contributed by atoms with Crippen LogP contribution in [0.15, 0.2) is 17.9 Å². The standard InChI is InChI=1S/C14H20N6OS/c1-11-6-16-20(7-11)8-12-4-2-3-5-19(12)9-13(21)17-14-18-15-10-22-14/h6-7,10,12H,2-5,8-9H2,1H3,(H,17,18,21). The Morgan fingerprint density at radius 3 is 3.14 bits per heavy atom. The summed E-state index contributed by atoms with van der Waals surface area (Å²) in [7, 11) is 0. The minimum atomic E-state index is -0.0275. The van der Waals surface area contributed by atoms with Crippen molar-refractivity contribution in [1.82, 2.24) is 24.9 Å². The summed E-state index contributed by atoms with van der Waals surface area (Å²) in [6, 6.07) is 0.355. The number of likely N-dealkylation sites (tertiary alicyclic amines) is 1. The van der Waals surface area contributed by atoms with Gasteiger partial charge in [0, 0.05) is 12.2 Å². The monoisotopic (exact) mass is 320 g/mol. The fourth-order valence-electron chi connectivity index (χ4n) is 2.83. The van der Waals surface area contributed by atoms with Crippen molar-refractivity contribution in [2.24, 2.45) is 0 Å². The summed E-state index contributed by atoms with van der Waals surface area (Å²) >= 11 is 1.33. The highest BCUT2D eigenvalue weighted by Gasteiger charge is 2.25. The van der Waals surface area contributed by atoms with Crippen LogP contribution < -0.4 is 5.32 Å². The zero-order chi connectivity index (χ0) is 15.4. The minimum absolute atomic E-state index is 0.0275. The van der Waals surface area contributed by atoms with E-state index in [-0.39, 0.29) is 5.91 Å². The molecule has 1 aliphatic heterocycles. The molecule has 0 aromatic carbocycles. The maximum Gasteiger partial charge on any atom is 0.240 e. The number of amides is 1. The lowest BCUT2D eigenvalue weighted by molar-refractivity contribution is -0.118. The molecule has 0 spiro atoms. The predicted molar refractivity (Wildman–Crippen MR) is 84.7 cm³/mol. The molecule has 0 aliphatic carbocycles. The molecule has 7 nitrogen and oxygen atoms in total. The average Bonchev–Trinajstić information content (AvgIpc) is 3.13. The molecule has 3 heterocycles. The minimum Gasteiger partial charge on any atom is -0.299 e. The maximum absolute atomic E-state index is 12.1. The molecular weight excluding hydrogens is 300 g/mol. The summed E-state index contributed by atoms with van der Waals surface area (Å²) < 4.78 is 1.97. The maximum atomic E-state index is 12.1. The Bertz CT molecular complexity index is 611. The number of aryl methyl sites for hydroxylation is 1. The molecule has 1 fully saturated rings. The fraction of sp³-hybridized carbons (Fsp3) is 0.571. The SMILES string of the molecule is Cc1cnn(CC2CCCCN2CC(=O)Nc2nncs2)c1. The quantitative estimate of drug-likeness (QED) is 0.904. The van der Waals surface area contributed by atoms with Crippen molar-refractivity contribution in [3.05, 3.63) is 23.5 Å². The first-order chi connectivity index (χ1) is 10.7. The van der Waals surface area contributed by atoms with E-state index in [4.69, 9.17) is 0 Å². The molecule has 0 radical (unpaired) electrons. The van der Waals surface area contributed by atoms with E-state index < -0.39 is 0 Å². The Morgan fingerprint density at radius 1 is 1.50 bits per heavy atom. The van der Waals surface area contributed by atoms with Crippen molar-refractivity contribution in [2.75, 3.05) is 18.4 Å². The van der Waals surface area contributed by atoms with Crippen LogP contribution in [0, 0.1) is 6.92 Å². The van der Waals surface area contributed by atoms with Crippen molar-refractivity contribution in [3.63, 3.8) is 0 Å². The molecule has 1 unspecified atom stereocenters. The van der Waals surface area contributed by atoms with Crippen LogP contribution in [0.25, 0.3) is 0 Å². The van der Waals surface area contributed by atoms with E-state index in [1.54, 1.807) is 5.51 Å². The number of anilines is 1. The number of carbonyl (C=O) groups excluding carboxylic acids is 1. The van der Waals surface area contributed by atoms with E-state index in [2.05, 4.69) is 25.5 Å². The van der Waals surface area contributed by atoms with Gasteiger partial charge in [0.2, 0.25) is 11.0 Å². The van der Waals surface area contributed by atoms with Crippen molar-refractivity contribution in [3.8, 4) is 0 Å². The predicted octanol–water partition coefficient (Wildman–Crippen LogP) is 1.54. The summed E-state index contributed by atoms with van der Waals surface area (Å²) in [4.78, 5) is 14.4. The third kappa shape index (κ3) is 3.89. The van der Waals surface area contributed by atoms with Gasteiger partial charge in [-0.15, -0.1) is 10.2 Å². The number of hydrogen-bond donors (Lipinski definition) is 1. The number of nitrogens with zero attached hydrogens (tertiary/aromatic N) is 5. The molecule has 0 saturated carbocycles.